The molecule has 0 amide bonds. The standard InChI is InChI=1S/C9H8ClF3O/c1-4(14)2-5-3-6(11)9(13)7(10)8(5)12/h3-4,14H,2H2,1H3. The predicted octanol–water partition coefficient (Wildman–Crippen LogP) is 2.68. The molecule has 0 spiro atoms. The van der Waals surface area contributed by atoms with E-state index < -0.39 is 28.6 Å². The van der Waals surface area contributed by atoms with Crippen LogP contribution in [0.4, 0.5) is 13.2 Å². The quantitative estimate of drug-likeness (QED) is 0.605. The molecule has 78 valence electrons. The Hall–Kier alpha value is -0.740. The van der Waals surface area contributed by atoms with Gasteiger partial charge in [-0.05, 0) is 18.6 Å². The van der Waals surface area contributed by atoms with Crippen molar-refractivity contribution in [1.29, 1.82) is 0 Å². The number of hydrogen-bond donors (Lipinski definition) is 1. The summed E-state index contributed by atoms with van der Waals surface area (Å²) in [6, 6.07) is 0.698. The van der Waals surface area contributed by atoms with Crippen LogP contribution in [0, 0.1) is 17.5 Å². The van der Waals surface area contributed by atoms with Crippen LogP contribution < -0.4 is 0 Å². The number of benzene rings is 1. The lowest BCUT2D eigenvalue weighted by molar-refractivity contribution is 0.194. The Kier molecular flexibility index (Phi) is 3.39. The van der Waals surface area contributed by atoms with E-state index in [0.29, 0.717) is 6.07 Å². The van der Waals surface area contributed by atoms with Crippen molar-refractivity contribution in [3.63, 3.8) is 0 Å². The molecular formula is C9H8ClF3O. The van der Waals surface area contributed by atoms with Crippen molar-refractivity contribution in [3.8, 4) is 0 Å². The van der Waals surface area contributed by atoms with Gasteiger partial charge in [-0.3, -0.25) is 0 Å². The third-order valence-electron chi connectivity index (χ3n) is 1.69. The maximum atomic E-state index is 13.2. The first-order valence-electron chi connectivity index (χ1n) is 3.93. The maximum Gasteiger partial charge on any atom is 0.180 e. The fourth-order valence-electron chi connectivity index (χ4n) is 1.09. The Morgan fingerprint density at radius 2 is 1.93 bits per heavy atom. The van der Waals surface area contributed by atoms with Crippen LogP contribution in [0.3, 0.4) is 0 Å². The van der Waals surface area contributed by atoms with Crippen LogP contribution in [-0.4, -0.2) is 11.2 Å². The Bertz CT molecular complexity index is 352. The highest BCUT2D eigenvalue weighted by Crippen LogP contribution is 2.25. The third-order valence-corrected chi connectivity index (χ3v) is 2.03. The summed E-state index contributed by atoms with van der Waals surface area (Å²) in [6.45, 7) is 1.41. The molecule has 0 aromatic heterocycles. The van der Waals surface area contributed by atoms with Crippen molar-refractivity contribution in [2.24, 2.45) is 0 Å². The summed E-state index contributed by atoms with van der Waals surface area (Å²) in [7, 11) is 0. The average molecular weight is 225 g/mol. The van der Waals surface area contributed by atoms with Gasteiger partial charge in [-0.15, -0.1) is 0 Å². The molecule has 0 saturated carbocycles. The van der Waals surface area contributed by atoms with Crippen LogP contribution in [-0.2, 0) is 6.42 Å². The molecule has 0 saturated heterocycles. The van der Waals surface area contributed by atoms with E-state index in [0.717, 1.165) is 0 Å². The van der Waals surface area contributed by atoms with Gasteiger partial charge < -0.3 is 5.11 Å². The predicted molar refractivity (Wildman–Crippen MR) is 46.7 cm³/mol. The largest absolute Gasteiger partial charge is 0.393 e. The van der Waals surface area contributed by atoms with Gasteiger partial charge in [0.25, 0.3) is 0 Å². The molecule has 0 aliphatic heterocycles. The molecule has 0 radical (unpaired) electrons. The van der Waals surface area contributed by atoms with E-state index in [1.54, 1.807) is 0 Å². The van der Waals surface area contributed by atoms with Gasteiger partial charge in [-0.1, -0.05) is 11.6 Å². The lowest BCUT2D eigenvalue weighted by Gasteiger charge is -2.08. The van der Waals surface area contributed by atoms with Gasteiger partial charge in [-0.2, -0.15) is 0 Å². The molecule has 1 nitrogen and oxygen atoms in total. The second-order valence-electron chi connectivity index (χ2n) is 3.01. The van der Waals surface area contributed by atoms with Crippen molar-refractivity contribution in [2.45, 2.75) is 19.4 Å². The van der Waals surface area contributed by atoms with Gasteiger partial charge in [0, 0.05) is 6.42 Å². The number of hydrogen-bond acceptors (Lipinski definition) is 1. The van der Waals surface area contributed by atoms with Gasteiger partial charge in [-0.25, -0.2) is 13.2 Å². The number of aliphatic hydroxyl groups is 1. The zero-order chi connectivity index (χ0) is 10.9. The number of rotatable bonds is 2. The van der Waals surface area contributed by atoms with Crippen molar-refractivity contribution in [3.05, 3.63) is 34.1 Å². The van der Waals surface area contributed by atoms with Crippen LogP contribution in [0.5, 0.6) is 0 Å². The van der Waals surface area contributed by atoms with E-state index in [4.69, 9.17) is 16.7 Å². The Morgan fingerprint density at radius 1 is 1.36 bits per heavy atom. The summed E-state index contributed by atoms with van der Waals surface area (Å²) in [4.78, 5) is 0. The molecule has 14 heavy (non-hydrogen) atoms. The maximum absolute atomic E-state index is 13.2. The molecule has 0 bridgehead atoms. The molecule has 0 fully saturated rings. The smallest absolute Gasteiger partial charge is 0.180 e. The molecule has 0 aliphatic rings. The van der Waals surface area contributed by atoms with Crippen LogP contribution in [0.15, 0.2) is 6.07 Å². The minimum atomic E-state index is -1.40. The summed E-state index contributed by atoms with van der Waals surface area (Å²) < 4.78 is 38.6. The first kappa shape index (κ1) is 11.3. The zero-order valence-electron chi connectivity index (χ0n) is 7.32. The first-order chi connectivity index (χ1) is 6.43. The van der Waals surface area contributed by atoms with Gasteiger partial charge in [0.2, 0.25) is 0 Å². The monoisotopic (exact) mass is 224 g/mol. The van der Waals surface area contributed by atoms with E-state index in [2.05, 4.69) is 0 Å². The summed E-state index contributed by atoms with van der Waals surface area (Å²) in [5, 5.41) is 8.08. The molecule has 1 unspecified atom stereocenters. The minimum absolute atomic E-state index is 0.108. The van der Waals surface area contributed by atoms with E-state index >= 15 is 0 Å². The number of halogens is 4. The summed E-state index contributed by atoms with van der Waals surface area (Å²) in [6.07, 6.45) is -0.951. The normalized spacial score (nSPS) is 13.0. The summed E-state index contributed by atoms with van der Waals surface area (Å²) in [5.74, 6) is -3.64. The lowest BCUT2D eigenvalue weighted by Crippen LogP contribution is -2.08. The molecule has 0 aliphatic carbocycles. The van der Waals surface area contributed by atoms with E-state index in [-0.39, 0.29) is 12.0 Å². The fraction of sp³-hybridized carbons (Fsp3) is 0.333. The molecule has 1 rings (SSSR count). The molecule has 1 aromatic carbocycles. The SMILES string of the molecule is CC(O)Cc1cc(F)c(F)c(Cl)c1F. The van der Waals surface area contributed by atoms with Crippen molar-refractivity contribution >= 4 is 11.6 Å². The first-order valence-corrected chi connectivity index (χ1v) is 4.31. The Balaban J connectivity index is 3.19. The van der Waals surface area contributed by atoms with E-state index in [1.165, 1.54) is 6.92 Å². The van der Waals surface area contributed by atoms with Crippen LogP contribution in [0.2, 0.25) is 5.02 Å². The molecular weight excluding hydrogens is 217 g/mol. The van der Waals surface area contributed by atoms with Crippen LogP contribution in [0.1, 0.15) is 12.5 Å². The van der Waals surface area contributed by atoms with E-state index in [9.17, 15) is 13.2 Å². The van der Waals surface area contributed by atoms with Crippen molar-refractivity contribution in [1.82, 2.24) is 0 Å². The topological polar surface area (TPSA) is 20.2 Å². The summed E-state index contributed by atoms with van der Waals surface area (Å²) >= 11 is 5.20. The second-order valence-corrected chi connectivity index (χ2v) is 3.39. The van der Waals surface area contributed by atoms with Crippen LogP contribution in [0.25, 0.3) is 0 Å². The van der Waals surface area contributed by atoms with Gasteiger partial charge in [0.15, 0.2) is 11.6 Å². The van der Waals surface area contributed by atoms with E-state index in [1.807, 2.05) is 0 Å². The lowest BCUT2D eigenvalue weighted by atomic mass is 10.1. The number of aliphatic hydroxyl groups excluding tert-OH is 1. The highest BCUT2D eigenvalue weighted by Gasteiger charge is 2.17. The van der Waals surface area contributed by atoms with Gasteiger partial charge in [0.1, 0.15) is 10.8 Å². The van der Waals surface area contributed by atoms with Crippen molar-refractivity contribution in [2.75, 3.05) is 0 Å². The molecule has 1 N–H and O–H groups in total. The Morgan fingerprint density at radius 3 is 2.43 bits per heavy atom. The minimum Gasteiger partial charge on any atom is -0.393 e. The highest BCUT2D eigenvalue weighted by molar-refractivity contribution is 6.31. The second kappa shape index (κ2) is 4.19. The Labute approximate surface area is 84.1 Å². The van der Waals surface area contributed by atoms with Gasteiger partial charge in [0.05, 0.1) is 6.10 Å². The zero-order valence-corrected chi connectivity index (χ0v) is 8.08. The van der Waals surface area contributed by atoms with Gasteiger partial charge >= 0.3 is 0 Å². The highest BCUT2D eigenvalue weighted by atomic mass is 35.5. The summed E-state index contributed by atoms with van der Waals surface area (Å²) in [5.41, 5.74) is -0.135. The molecule has 1 aromatic rings. The molecule has 5 heteroatoms. The molecule has 1 atom stereocenters. The van der Waals surface area contributed by atoms with Crippen molar-refractivity contribution < 1.29 is 18.3 Å². The molecule has 0 heterocycles. The average Bonchev–Trinajstić information content (AvgIpc) is 2.10. The third kappa shape index (κ3) is 2.19. The fourth-order valence-corrected chi connectivity index (χ4v) is 1.30. The van der Waals surface area contributed by atoms with Crippen LogP contribution >= 0.6 is 11.6 Å².